The van der Waals surface area contributed by atoms with Gasteiger partial charge in [0.15, 0.2) is 0 Å². The second-order valence-corrected chi connectivity index (χ2v) is 5.35. The van der Waals surface area contributed by atoms with Crippen molar-refractivity contribution in [2.45, 2.75) is 52.0 Å². The van der Waals surface area contributed by atoms with E-state index in [9.17, 15) is 5.11 Å². The van der Waals surface area contributed by atoms with Gasteiger partial charge in [0.2, 0.25) is 0 Å². The molecule has 5 nitrogen and oxygen atoms in total. The van der Waals surface area contributed by atoms with Gasteiger partial charge in [-0.25, -0.2) is 9.97 Å². The van der Waals surface area contributed by atoms with Gasteiger partial charge in [-0.2, -0.15) is 0 Å². The molecule has 0 saturated heterocycles. The number of nitrogens with one attached hydrogen (secondary N) is 1. The maximum atomic E-state index is 9.26. The van der Waals surface area contributed by atoms with Crippen molar-refractivity contribution in [3.8, 4) is 0 Å². The smallest absolute Gasteiger partial charge is 0.134 e. The number of aromatic nitrogens is 2. The van der Waals surface area contributed by atoms with Crippen molar-refractivity contribution in [2.75, 3.05) is 29.9 Å². The van der Waals surface area contributed by atoms with E-state index in [1.165, 1.54) is 12.8 Å². The molecule has 1 aromatic heterocycles. The lowest BCUT2D eigenvalue weighted by Crippen LogP contribution is -2.30. The summed E-state index contributed by atoms with van der Waals surface area (Å²) < 4.78 is 0. The molecule has 2 rings (SSSR count). The van der Waals surface area contributed by atoms with Crippen LogP contribution in [0.3, 0.4) is 0 Å². The number of aliphatic hydroxyl groups is 1. The lowest BCUT2D eigenvalue weighted by Gasteiger charge is -2.23. The normalized spacial score (nSPS) is 14.3. The Bertz CT molecular complexity index is 420. The van der Waals surface area contributed by atoms with Crippen LogP contribution in [-0.4, -0.2) is 40.8 Å². The molecule has 1 saturated carbocycles. The summed E-state index contributed by atoms with van der Waals surface area (Å²) in [5.41, 5.74) is 0. The van der Waals surface area contributed by atoms with Gasteiger partial charge in [-0.15, -0.1) is 0 Å². The van der Waals surface area contributed by atoms with E-state index < -0.39 is 0 Å². The molecule has 112 valence electrons. The van der Waals surface area contributed by atoms with E-state index in [1.54, 1.807) is 0 Å². The maximum Gasteiger partial charge on any atom is 0.134 e. The number of aliphatic hydroxyl groups excluding tert-OH is 1. The Labute approximate surface area is 121 Å². The summed E-state index contributed by atoms with van der Waals surface area (Å²) in [7, 11) is 0. The largest absolute Gasteiger partial charge is 0.395 e. The number of hydrogen-bond donors (Lipinski definition) is 2. The first-order valence-electron chi connectivity index (χ1n) is 7.77. The number of hydrogen-bond acceptors (Lipinski definition) is 5. The summed E-state index contributed by atoms with van der Waals surface area (Å²) in [4.78, 5) is 11.5. The van der Waals surface area contributed by atoms with Crippen molar-refractivity contribution in [3.05, 3.63) is 11.9 Å². The van der Waals surface area contributed by atoms with Crippen LogP contribution in [0.25, 0.3) is 0 Å². The van der Waals surface area contributed by atoms with Crippen LogP contribution < -0.4 is 10.2 Å². The monoisotopic (exact) mass is 278 g/mol. The van der Waals surface area contributed by atoms with E-state index in [4.69, 9.17) is 0 Å². The Balaban J connectivity index is 2.21. The molecule has 1 fully saturated rings. The third-order valence-corrected chi connectivity index (χ3v) is 3.41. The van der Waals surface area contributed by atoms with Gasteiger partial charge >= 0.3 is 0 Å². The predicted molar refractivity (Wildman–Crippen MR) is 82.3 cm³/mol. The molecular formula is C15H26N4O. The van der Waals surface area contributed by atoms with Gasteiger partial charge in [0, 0.05) is 31.6 Å². The van der Waals surface area contributed by atoms with E-state index in [0.29, 0.717) is 12.6 Å². The quantitative estimate of drug-likeness (QED) is 0.725. The van der Waals surface area contributed by atoms with E-state index in [2.05, 4.69) is 34.0 Å². The van der Waals surface area contributed by atoms with Crippen LogP contribution in [0.2, 0.25) is 0 Å². The van der Waals surface area contributed by atoms with Gasteiger partial charge < -0.3 is 15.3 Å². The minimum Gasteiger partial charge on any atom is -0.395 e. The Morgan fingerprint density at radius 2 is 2.10 bits per heavy atom. The third-order valence-electron chi connectivity index (χ3n) is 3.41. The molecule has 2 N–H and O–H groups in total. The predicted octanol–water partition coefficient (Wildman–Crippen LogP) is 2.21. The minimum atomic E-state index is 0.168. The zero-order valence-electron chi connectivity index (χ0n) is 12.6. The first kappa shape index (κ1) is 15.0. The first-order chi connectivity index (χ1) is 9.78. The van der Waals surface area contributed by atoms with Gasteiger partial charge in [0.1, 0.15) is 17.5 Å². The van der Waals surface area contributed by atoms with Crippen molar-refractivity contribution in [1.82, 2.24) is 9.97 Å². The molecular weight excluding hydrogens is 252 g/mol. The third kappa shape index (κ3) is 4.07. The fourth-order valence-corrected chi connectivity index (χ4v) is 2.29. The number of aryl methyl sites for hydroxylation is 1. The number of anilines is 2. The zero-order chi connectivity index (χ0) is 14.4. The molecule has 0 bridgehead atoms. The van der Waals surface area contributed by atoms with Gasteiger partial charge in [-0.05, 0) is 25.7 Å². The Morgan fingerprint density at radius 3 is 2.70 bits per heavy atom. The Kier molecular flexibility index (Phi) is 5.59. The zero-order valence-corrected chi connectivity index (χ0v) is 12.6. The molecule has 0 radical (unpaired) electrons. The van der Waals surface area contributed by atoms with Gasteiger partial charge in [-0.1, -0.05) is 13.8 Å². The molecule has 0 unspecified atom stereocenters. The molecule has 20 heavy (non-hydrogen) atoms. The Hall–Kier alpha value is -1.36. The van der Waals surface area contributed by atoms with Crippen LogP contribution in [0.1, 0.15) is 45.4 Å². The van der Waals surface area contributed by atoms with Crippen molar-refractivity contribution in [3.63, 3.8) is 0 Å². The highest BCUT2D eigenvalue weighted by atomic mass is 16.3. The number of rotatable bonds is 9. The molecule has 1 aliphatic carbocycles. The van der Waals surface area contributed by atoms with Crippen molar-refractivity contribution in [2.24, 2.45) is 0 Å². The highest BCUT2D eigenvalue weighted by molar-refractivity contribution is 5.51. The van der Waals surface area contributed by atoms with Gasteiger partial charge in [0.05, 0.1) is 6.61 Å². The molecule has 0 aromatic carbocycles. The molecule has 1 aliphatic rings. The van der Waals surface area contributed by atoms with Crippen molar-refractivity contribution >= 4 is 11.6 Å². The lowest BCUT2D eigenvalue weighted by atomic mass is 10.3. The van der Waals surface area contributed by atoms with Crippen LogP contribution in [0.5, 0.6) is 0 Å². The van der Waals surface area contributed by atoms with Crippen LogP contribution in [-0.2, 0) is 6.42 Å². The highest BCUT2D eigenvalue weighted by Gasteiger charge is 2.30. The van der Waals surface area contributed by atoms with Crippen LogP contribution in [0, 0.1) is 0 Å². The second kappa shape index (κ2) is 7.43. The standard InChI is InChI=1S/C15H26N4O/c1-3-5-13-17-14(16-8-4-2)11-15(18-13)19(9-10-20)12-6-7-12/h11-12,20H,3-10H2,1-2H3,(H,16,17,18). The van der Waals surface area contributed by atoms with Crippen molar-refractivity contribution < 1.29 is 5.11 Å². The molecule has 5 heteroatoms. The average Bonchev–Trinajstić information content (AvgIpc) is 3.27. The summed E-state index contributed by atoms with van der Waals surface area (Å²) in [6.45, 7) is 6.03. The lowest BCUT2D eigenvalue weighted by molar-refractivity contribution is 0.301. The van der Waals surface area contributed by atoms with Gasteiger partial charge in [-0.3, -0.25) is 0 Å². The topological polar surface area (TPSA) is 61.3 Å². The molecule has 0 amide bonds. The highest BCUT2D eigenvalue weighted by Crippen LogP contribution is 2.31. The second-order valence-electron chi connectivity index (χ2n) is 5.35. The fraction of sp³-hybridized carbons (Fsp3) is 0.733. The Morgan fingerprint density at radius 1 is 1.30 bits per heavy atom. The van der Waals surface area contributed by atoms with E-state index >= 15 is 0 Å². The number of nitrogens with zero attached hydrogens (tertiary/aromatic N) is 3. The van der Waals surface area contributed by atoms with Crippen LogP contribution >= 0.6 is 0 Å². The molecule has 0 atom stereocenters. The van der Waals surface area contributed by atoms with E-state index in [-0.39, 0.29) is 6.61 Å². The fourth-order valence-electron chi connectivity index (χ4n) is 2.29. The summed E-state index contributed by atoms with van der Waals surface area (Å²) in [5, 5.41) is 12.6. The first-order valence-corrected chi connectivity index (χ1v) is 7.77. The molecule has 0 spiro atoms. The summed E-state index contributed by atoms with van der Waals surface area (Å²) >= 11 is 0. The summed E-state index contributed by atoms with van der Waals surface area (Å²) in [6.07, 6.45) is 5.41. The molecule has 1 aromatic rings. The molecule has 0 aliphatic heterocycles. The summed E-state index contributed by atoms with van der Waals surface area (Å²) in [5.74, 6) is 2.76. The minimum absolute atomic E-state index is 0.168. The van der Waals surface area contributed by atoms with Crippen molar-refractivity contribution in [1.29, 1.82) is 0 Å². The average molecular weight is 278 g/mol. The van der Waals surface area contributed by atoms with E-state index in [0.717, 1.165) is 43.3 Å². The van der Waals surface area contributed by atoms with Crippen LogP contribution in [0.4, 0.5) is 11.6 Å². The van der Waals surface area contributed by atoms with Gasteiger partial charge in [0.25, 0.3) is 0 Å². The van der Waals surface area contributed by atoms with E-state index in [1.807, 2.05) is 6.07 Å². The SMILES string of the molecule is CCCNc1cc(N(CCO)C2CC2)nc(CCC)n1. The van der Waals surface area contributed by atoms with Crippen LogP contribution in [0.15, 0.2) is 6.07 Å². The molecule has 1 heterocycles. The summed E-state index contributed by atoms with van der Waals surface area (Å²) in [6, 6.07) is 2.56. The maximum absolute atomic E-state index is 9.26.